The van der Waals surface area contributed by atoms with Gasteiger partial charge >= 0.3 is 0 Å². The van der Waals surface area contributed by atoms with Gasteiger partial charge in [0.05, 0.1) is 0 Å². The van der Waals surface area contributed by atoms with E-state index in [0.29, 0.717) is 0 Å². The zero-order valence-electron chi connectivity index (χ0n) is 9.72. The minimum atomic E-state index is -0.194. The Balaban J connectivity index is 2.42. The van der Waals surface area contributed by atoms with Gasteiger partial charge in [-0.25, -0.2) is 0 Å². The molecular formula is C14H16O. The van der Waals surface area contributed by atoms with Crippen LogP contribution in [0.3, 0.4) is 0 Å². The molecule has 0 N–H and O–H groups in total. The summed E-state index contributed by atoms with van der Waals surface area (Å²) in [6.07, 6.45) is 4.39. The van der Waals surface area contributed by atoms with Crippen molar-refractivity contribution in [2.75, 3.05) is 0 Å². The molecule has 0 unspecified atom stereocenters. The van der Waals surface area contributed by atoms with Crippen molar-refractivity contribution in [1.29, 1.82) is 0 Å². The van der Waals surface area contributed by atoms with Gasteiger partial charge < -0.3 is 4.74 Å². The Hall–Kier alpha value is -1.08. The van der Waals surface area contributed by atoms with Gasteiger partial charge in [0.1, 0.15) is 11.2 Å². The van der Waals surface area contributed by atoms with E-state index in [0.717, 1.165) is 0 Å². The standard InChI is InChI=1S/C14H16O/c1-9-5-6-10(2)12-11(9)13(3)7-8-14(12,4)15-13/h5-8H,1-4H3/t13-,14+. The number of hydrogen-bond donors (Lipinski definition) is 0. The van der Waals surface area contributed by atoms with E-state index in [9.17, 15) is 0 Å². The summed E-state index contributed by atoms with van der Waals surface area (Å²) in [5, 5.41) is 0. The van der Waals surface area contributed by atoms with Crippen molar-refractivity contribution >= 4 is 0 Å². The first kappa shape index (κ1) is 9.17. The Morgan fingerprint density at radius 3 is 1.67 bits per heavy atom. The normalized spacial score (nSPS) is 36.0. The van der Waals surface area contributed by atoms with Gasteiger partial charge in [0.15, 0.2) is 0 Å². The molecule has 0 aliphatic carbocycles. The van der Waals surface area contributed by atoms with Crippen molar-refractivity contribution < 1.29 is 4.74 Å². The molecule has 1 aromatic carbocycles. The monoisotopic (exact) mass is 200 g/mol. The van der Waals surface area contributed by atoms with Crippen LogP contribution in [0, 0.1) is 13.8 Å². The fraction of sp³-hybridized carbons (Fsp3) is 0.429. The van der Waals surface area contributed by atoms with Gasteiger partial charge in [-0.1, -0.05) is 12.1 Å². The summed E-state index contributed by atoms with van der Waals surface area (Å²) in [5.74, 6) is 0. The fourth-order valence-corrected chi connectivity index (χ4v) is 3.19. The largest absolute Gasteiger partial charge is 0.351 e. The van der Waals surface area contributed by atoms with E-state index >= 15 is 0 Å². The maximum Gasteiger partial charge on any atom is 0.111 e. The number of benzene rings is 1. The zero-order valence-corrected chi connectivity index (χ0v) is 9.72. The predicted molar refractivity (Wildman–Crippen MR) is 60.8 cm³/mol. The summed E-state index contributed by atoms with van der Waals surface area (Å²) in [6, 6.07) is 4.39. The third-order valence-corrected chi connectivity index (χ3v) is 3.76. The van der Waals surface area contributed by atoms with Gasteiger partial charge in [-0.05, 0) is 62.1 Å². The molecule has 0 amide bonds. The molecule has 2 aliphatic rings. The van der Waals surface area contributed by atoms with E-state index in [1.807, 2.05) is 0 Å². The molecule has 1 heteroatoms. The zero-order chi connectivity index (χ0) is 10.8. The van der Waals surface area contributed by atoms with Crippen molar-refractivity contribution in [3.05, 3.63) is 46.5 Å². The van der Waals surface area contributed by atoms with Crippen LogP contribution in [0.2, 0.25) is 0 Å². The Labute approximate surface area is 90.8 Å². The third kappa shape index (κ3) is 0.920. The Kier molecular flexibility index (Phi) is 1.44. The second-order valence-corrected chi connectivity index (χ2v) is 5.10. The Morgan fingerprint density at radius 2 is 1.27 bits per heavy atom. The van der Waals surface area contributed by atoms with Crippen LogP contribution in [0.5, 0.6) is 0 Å². The van der Waals surface area contributed by atoms with E-state index < -0.39 is 0 Å². The van der Waals surface area contributed by atoms with Gasteiger partial charge in [-0.15, -0.1) is 0 Å². The number of ether oxygens (including phenoxy) is 1. The maximum atomic E-state index is 6.17. The second kappa shape index (κ2) is 2.35. The van der Waals surface area contributed by atoms with Crippen LogP contribution in [0.25, 0.3) is 0 Å². The average molecular weight is 200 g/mol. The molecule has 0 aromatic heterocycles. The molecule has 1 nitrogen and oxygen atoms in total. The smallest absolute Gasteiger partial charge is 0.111 e. The molecule has 3 rings (SSSR count). The van der Waals surface area contributed by atoms with Crippen LogP contribution in [0.15, 0.2) is 24.3 Å². The van der Waals surface area contributed by atoms with E-state index in [1.165, 1.54) is 22.3 Å². The van der Waals surface area contributed by atoms with E-state index in [4.69, 9.17) is 4.74 Å². The Morgan fingerprint density at radius 1 is 0.867 bits per heavy atom. The summed E-state index contributed by atoms with van der Waals surface area (Å²) in [4.78, 5) is 0. The van der Waals surface area contributed by atoms with Crippen molar-refractivity contribution in [2.24, 2.45) is 0 Å². The summed E-state index contributed by atoms with van der Waals surface area (Å²) in [6.45, 7) is 8.66. The molecule has 1 aromatic rings. The summed E-state index contributed by atoms with van der Waals surface area (Å²) >= 11 is 0. The first-order valence-corrected chi connectivity index (χ1v) is 5.48. The van der Waals surface area contributed by atoms with Crippen LogP contribution in [0.4, 0.5) is 0 Å². The topological polar surface area (TPSA) is 9.23 Å². The van der Waals surface area contributed by atoms with E-state index in [-0.39, 0.29) is 11.2 Å². The molecule has 2 heterocycles. The molecule has 0 fully saturated rings. The highest BCUT2D eigenvalue weighted by Crippen LogP contribution is 2.55. The van der Waals surface area contributed by atoms with Gasteiger partial charge in [-0.2, -0.15) is 0 Å². The number of fused-ring (bicyclic) bond motifs is 5. The molecular weight excluding hydrogens is 184 g/mol. The van der Waals surface area contributed by atoms with Crippen molar-refractivity contribution in [3.8, 4) is 0 Å². The highest BCUT2D eigenvalue weighted by molar-refractivity contribution is 5.56. The molecule has 0 spiro atoms. The van der Waals surface area contributed by atoms with Gasteiger partial charge in [0, 0.05) is 0 Å². The molecule has 2 atom stereocenters. The lowest BCUT2D eigenvalue weighted by Gasteiger charge is -2.21. The van der Waals surface area contributed by atoms with Gasteiger partial charge in [0.25, 0.3) is 0 Å². The molecule has 2 bridgehead atoms. The number of rotatable bonds is 0. The second-order valence-electron chi connectivity index (χ2n) is 5.10. The highest BCUT2D eigenvalue weighted by Gasteiger charge is 2.51. The summed E-state index contributed by atoms with van der Waals surface area (Å²) in [7, 11) is 0. The van der Waals surface area contributed by atoms with E-state index in [1.54, 1.807) is 0 Å². The molecule has 15 heavy (non-hydrogen) atoms. The quantitative estimate of drug-likeness (QED) is 0.584. The van der Waals surface area contributed by atoms with Crippen LogP contribution in [0.1, 0.15) is 36.1 Å². The molecule has 0 saturated carbocycles. The predicted octanol–water partition coefficient (Wildman–Crippen LogP) is 3.33. The number of aryl methyl sites for hydroxylation is 2. The lowest BCUT2D eigenvalue weighted by Crippen LogP contribution is -2.17. The maximum absolute atomic E-state index is 6.17. The molecule has 2 aliphatic heterocycles. The summed E-state index contributed by atoms with van der Waals surface area (Å²) < 4.78 is 6.17. The van der Waals surface area contributed by atoms with Crippen molar-refractivity contribution in [3.63, 3.8) is 0 Å². The van der Waals surface area contributed by atoms with Crippen molar-refractivity contribution in [1.82, 2.24) is 0 Å². The number of hydrogen-bond acceptors (Lipinski definition) is 1. The minimum Gasteiger partial charge on any atom is -0.351 e. The molecule has 0 radical (unpaired) electrons. The fourth-order valence-electron chi connectivity index (χ4n) is 3.19. The average Bonchev–Trinajstić information content (AvgIpc) is 2.59. The molecule has 78 valence electrons. The first-order valence-electron chi connectivity index (χ1n) is 5.48. The SMILES string of the molecule is Cc1ccc(C)c2c1[C@@]1(C)C=C[C@]2(C)O1. The minimum absolute atomic E-state index is 0.194. The third-order valence-electron chi connectivity index (χ3n) is 3.76. The first-order chi connectivity index (χ1) is 6.96. The molecule has 0 saturated heterocycles. The van der Waals surface area contributed by atoms with Crippen LogP contribution in [-0.2, 0) is 15.9 Å². The lowest BCUT2D eigenvalue weighted by atomic mass is 9.79. The van der Waals surface area contributed by atoms with Crippen LogP contribution in [-0.4, -0.2) is 0 Å². The van der Waals surface area contributed by atoms with Crippen molar-refractivity contribution in [2.45, 2.75) is 38.9 Å². The van der Waals surface area contributed by atoms with Gasteiger partial charge in [0.2, 0.25) is 0 Å². The van der Waals surface area contributed by atoms with Gasteiger partial charge in [-0.3, -0.25) is 0 Å². The van der Waals surface area contributed by atoms with Crippen LogP contribution >= 0.6 is 0 Å². The summed E-state index contributed by atoms with van der Waals surface area (Å²) in [5.41, 5.74) is 5.05. The van der Waals surface area contributed by atoms with Crippen LogP contribution < -0.4 is 0 Å². The highest BCUT2D eigenvalue weighted by atomic mass is 16.5. The lowest BCUT2D eigenvalue weighted by molar-refractivity contribution is -0.0498. The van der Waals surface area contributed by atoms with E-state index in [2.05, 4.69) is 52.0 Å². The Bertz CT molecular complexity index is 443.